The van der Waals surface area contributed by atoms with Crippen molar-refractivity contribution in [1.29, 1.82) is 0 Å². The highest BCUT2D eigenvalue weighted by Crippen LogP contribution is 2.39. The highest BCUT2D eigenvalue weighted by molar-refractivity contribution is 6.19. The Labute approximate surface area is 273 Å². The average Bonchev–Trinajstić information content (AvgIpc) is 3.50. The fourth-order valence-corrected chi connectivity index (χ4v) is 6.92. The van der Waals surface area contributed by atoms with Crippen molar-refractivity contribution >= 4 is 38.3 Å². The maximum Gasteiger partial charge on any atom is 0.0702 e. The Hall–Kier alpha value is -6.26. The van der Waals surface area contributed by atoms with E-state index in [4.69, 9.17) is 0 Å². The van der Waals surface area contributed by atoms with Gasteiger partial charge in [-0.15, -0.1) is 0 Å². The minimum absolute atomic E-state index is 0.0523. The van der Waals surface area contributed by atoms with E-state index in [0.717, 1.165) is 28.1 Å². The van der Waals surface area contributed by atoms with Gasteiger partial charge in [0.15, 0.2) is 0 Å². The zero-order chi connectivity index (χ0) is 31.2. The molecule has 0 fully saturated rings. The van der Waals surface area contributed by atoms with E-state index in [-0.39, 0.29) is 6.04 Å². The topological polar surface area (TPSA) is 42.7 Å². The van der Waals surface area contributed by atoms with Crippen LogP contribution in [0.1, 0.15) is 17.2 Å². The number of hydrogen-bond donors (Lipinski definition) is 1. The molecule has 0 radical (unpaired) electrons. The van der Waals surface area contributed by atoms with Crippen molar-refractivity contribution in [3.8, 4) is 27.9 Å². The standard InChI is InChI=1S/C43H30N4/c1-2-10-36(11-3-1)47-42-27-34(41-13-5-12-40(46-41)29-20-23-44-24-21-29)16-18-38(42)39-19-15-33-26-32(14-17-37(33)43(39)47)30-7-4-8-31(25-30)35-9-6-22-45-28-35/h1-28,41,46H. The zero-order valence-corrected chi connectivity index (χ0v) is 25.6. The van der Waals surface area contributed by atoms with Crippen LogP contribution in [0.3, 0.4) is 0 Å². The maximum atomic E-state index is 4.32. The number of pyridine rings is 2. The number of para-hydroxylation sites is 1. The molecule has 9 rings (SSSR count). The second-order valence-electron chi connectivity index (χ2n) is 12.0. The normalized spacial score (nSPS) is 14.4. The highest BCUT2D eigenvalue weighted by Gasteiger charge is 2.19. The Balaban J connectivity index is 1.19. The summed E-state index contributed by atoms with van der Waals surface area (Å²) in [4.78, 5) is 8.51. The molecule has 1 aliphatic rings. The number of rotatable bonds is 5. The molecule has 1 atom stereocenters. The minimum atomic E-state index is 0.0523. The molecule has 0 saturated heterocycles. The van der Waals surface area contributed by atoms with E-state index in [1.54, 1.807) is 0 Å². The van der Waals surface area contributed by atoms with E-state index in [1.807, 2.05) is 43.0 Å². The Kier molecular flexibility index (Phi) is 6.50. The lowest BCUT2D eigenvalue weighted by Gasteiger charge is -2.22. The number of hydrogen-bond acceptors (Lipinski definition) is 3. The van der Waals surface area contributed by atoms with E-state index in [2.05, 4.69) is 147 Å². The van der Waals surface area contributed by atoms with Crippen molar-refractivity contribution in [2.45, 2.75) is 6.04 Å². The summed E-state index contributed by atoms with van der Waals surface area (Å²) in [5.41, 5.74) is 11.7. The molecule has 0 saturated carbocycles. The Bertz CT molecular complexity index is 2480. The summed E-state index contributed by atoms with van der Waals surface area (Å²) in [6.45, 7) is 0. The molecule has 1 unspecified atom stereocenters. The first kappa shape index (κ1) is 27.1. The van der Waals surface area contributed by atoms with Crippen LogP contribution in [0.5, 0.6) is 0 Å². The van der Waals surface area contributed by atoms with Crippen molar-refractivity contribution in [3.63, 3.8) is 0 Å². The molecule has 5 aromatic carbocycles. The van der Waals surface area contributed by atoms with E-state index in [9.17, 15) is 0 Å². The summed E-state index contributed by atoms with van der Waals surface area (Å²) in [7, 11) is 0. The van der Waals surface area contributed by atoms with Gasteiger partial charge >= 0.3 is 0 Å². The number of fused-ring (bicyclic) bond motifs is 5. The second-order valence-corrected chi connectivity index (χ2v) is 12.0. The monoisotopic (exact) mass is 602 g/mol. The predicted molar refractivity (Wildman–Crippen MR) is 194 cm³/mol. The summed E-state index contributed by atoms with van der Waals surface area (Å²) in [6.07, 6.45) is 13.9. The maximum absolute atomic E-state index is 4.32. The molecule has 222 valence electrons. The summed E-state index contributed by atoms with van der Waals surface area (Å²) in [5, 5.41) is 8.68. The molecule has 3 aromatic heterocycles. The fraction of sp³-hybridized carbons (Fsp3) is 0.0233. The van der Waals surface area contributed by atoms with Gasteiger partial charge in [0.05, 0.1) is 17.1 Å². The number of nitrogens with zero attached hydrogens (tertiary/aromatic N) is 3. The fourth-order valence-electron chi connectivity index (χ4n) is 6.92. The summed E-state index contributed by atoms with van der Waals surface area (Å²) < 4.78 is 2.44. The van der Waals surface area contributed by atoms with Crippen LogP contribution in [0.25, 0.3) is 66.2 Å². The van der Waals surface area contributed by atoms with Gasteiger partial charge in [-0.2, -0.15) is 0 Å². The van der Waals surface area contributed by atoms with Gasteiger partial charge in [-0.25, -0.2) is 0 Å². The molecule has 1 N–H and O–H groups in total. The molecule has 0 spiro atoms. The highest BCUT2D eigenvalue weighted by atomic mass is 15.0. The molecular formula is C43H30N4. The smallest absolute Gasteiger partial charge is 0.0702 e. The SMILES string of the molecule is C1=CC(c2ccc3c4ccc5cc(-c6cccc(-c7cccnc7)c6)ccc5c4n(-c4ccccc4)c3c2)NC(c2ccncc2)=C1. The van der Waals surface area contributed by atoms with Crippen molar-refractivity contribution in [3.05, 3.63) is 182 Å². The lowest BCUT2D eigenvalue weighted by molar-refractivity contribution is 0.764. The quantitative estimate of drug-likeness (QED) is 0.213. The molecule has 0 bridgehead atoms. The Morgan fingerprint density at radius 2 is 1.34 bits per heavy atom. The molecule has 8 aromatic rings. The first-order chi connectivity index (χ1) is 23.3. The lowest BCUT2D eigenvalue weighted by Crippen LogP contribution is -2.20. The first-order valence-corrected chi connectivity index (χ1v) is 15.9. The van der Waals surface area contributed by atoms with Gasteiger partial charge in [0.25, 0.3) is 0 Å². The van der Waals surface area contributed by atoms with Crippen LogP contribution in [0, 0.1) is 0 Å². The molecule has 1 aliphatic heterocycles. The molecule has 4 nitrogen and oxygen atoms in total. The number of nitrogens with one attached hydrogen (secondary N) is 1. The van der Waals surface area contributed by atoms with Crippen molar-refractivity contribution in [2.24, 2.45) is 0 Å². The first-order valence-electron chi connectivity index (χ1n) is 15.9. The van der Waals surface area contributed by atoms with Gasteiger partial charge in [0.1, 0.15) is 0 Å². The third-order valence-electron chi connectivity index (χ3n) is 9.20. The molecular weight excluding hydrogens is 573 g/mol. The summed E-state index contributed by atoms with van der Waals surface area (Å²) in [5.74, 6) is 0. The molecule has 4 heterocycles. The van der Waals surface area contributed by atoms with Crippen LogP contribution in [0.2, 0.25) is 0 Å². The van der Waals surface area contributed by atoms with Crippen molar-refractivity contribution in [1.82, 2.24) is 19.9 Å². The van der Waals surface area contributed by atoms with E-state index < -0.39 is 0 Å². The molecule has 4 heteroatoms. The molecule has 47 heavy (non-hydrogen) atoms. The lowest BCUT2D eigenvalue weighted by atomic mass is 9.97. The van der Waals surface area contributed by atoms with Crippen LogP contribution < -0.4 is 5.32 Å². The van der Waals surface area contributed by atoms with Gasteiger partial charge in [-0.05, 0) is 82.2 Å². The Morgan fingerprint density at radius 1 is 0.553 bits per heavy atom. The van der Waals surface area contributed by atoms with Gasteiger partial charge in [0.2, 0.25) is 0 Å². The van der Waals surface area contributed by atoms with E-state index in [0.29, 0.717) is 0 Å². The predicted octanol–water partition coefficient (Wildman–Crippen LogP) is 10.3. The summed E-state index contributed by atoms with van der Waals surface area (Å²) >= 11 is 0. The van der Waals surface area contributed by atoms with Gasteiger partial charge in [-0.1, -0.05) is 91.0 Å². The van der Waals surface area contributed by atoms with Crippen LogP contribution in [0.4, 0.5) is 0 Å². The van der Waals surface area contributed by atoms with Gasteiger partial charge < -0.3 is 9.88 Å². The number of dihydropyridines is 1. The number of aromatic nitrogens is 3. The van der Waals surface area contributed by atoms with Crippen LogP contribution in [-0.2, 0) is 0 Å². The largest absolute Gasteiger partial charge is 0.374 e. The third kappa shape index (κ3) is 4.79. The Morgan fingerprint density at radius 3 is 2.19 bits per heavy atom. The number of allylic oxidation sites excluding steroid dienone is 2. The summed E-state index contributed by atoms with van der Waals surface area (Å²) in [6, 6.07) is 46.0. The van der Waals surface area contributed by atoms with Crippen LogP contribution >= 0.6 is 0 Å². The zero-order valence-electron chi connectivity index (χ0n) is 25.6. The van der Waals surface area contributed by atoms with Gasteiger partial charge in [-0.3, -0.25) is 9.97 Å². The van der Waals surface area contributed by atoms with Crippen molar-refractivity contribution < 1.29 is 0 Å². The van der Waals surface area contributed by atoms with Crippen LogP contribution in [0.15, 0.2) is 170 Å². The third-order valence-corrected chi connectivity index (χ3v) is 9.20. The number of benzene rings is 5. The van der Waals surface area contributed by atoms with Crippen molar-refractivity contribution in [2.75, 3.05) is 0 Å². The van der Waals surface area contributed by atoms with Gasteiger partial charge in [0, 0.05) is 63.5 Å². The molecule has 0 amide bonds. The molecule has 0 aliphatic carbocycles. The average molecular weight is 603 g/mol. The van der Waals surface area contributed by atoms with E-state index >= 15 is 0 Å². The van der Waals surface area contributed by atoms with Crippen LogP contribution in [-0.4, -0.2) is 14.5 Å². The second kappa shape index (κ2) is 11.3. The van der Waals surface area contributed by atoms with E-state index in [1.165, 1.54) is 49.3 Å². The minimum Gasteiger partial charge on any atom is -0.374 e.